The molecular formula is C36H44N2O5. The van der Waals surface area contributed by atoms with Crippen LogP contribution in [-0.2, 0) is 21.4 Å². The number of carbonyl (C=O) groups excluding carboxylic acids is 2. The highest BCUT2D eigenvalue weighted by Crippen LogP contribution is 2.66. The predicted octanol–water partition coefficient (Wildman–Crippen LogP) is 5.64. The van der Waals surface area contributed by atoms with Gasteiger partial charge in [0.25, 0.3) is 0 Å². The van der Waals surface area contributed by atoms with E-state index in [1.165, 1.54) is 25.3 Å². The first-order valence-electron chi connectivity index (χ1n) is 16.2. The number of benzene rings is 2. The molecule has 0 unspecified atom stereocenters. The van der Waals surface area contributed by atoms with E-state index in [4.69, 9.17) is 14.2 Å². The molecular weight excluding hydrogens is 540 g/mol. The average molecular weight is 585 g/mol. The molecule has 1 spiro atoms. The van der Waals surface area contributed by atoms with Crippen molar-refractivity contribution >= 4 is 18.0 Å². The van der Waals surface area contributed by atoms with Gasteiger partial charge < -0.3 is 19.1 Å². The van der Waals surface area contributed by atoms with Crippen molar-refractivity contribution in [2.24, 2.45) is 17.8 Å². The van der Waals surface area contributed by atoms with Gasteiger partial charge >= 0.3 is 5.97 Å². The third-order valence-corrected chi connectivity index (χ3v) is 10.6. The Morgan fingerprint density at radius 3 is 2.63 bits per heavy atom. The molecule has 0 aromatic heterocycles. The van der Waals surface area contributed by atoms with E-state index in [0.717, 1.165) is 61.6 Å². The molecule has 7 heteroatoms. The Morgan fingerprint density at radius 1 is 1.14 bits per heavy atom. The monoisotopic (exact) mass is 584 g/mol. The third kappa shape index (κ3) is 4.84. The minimum Gasteiger partial charge on any atom is -0.493 e. The Kier molecular flexibility index (Phi) is 7.27. The van der Waals surface area contributed by atoms with Crippen LogP contribution in [-0.4, -0.2) is 66.6 Å². The van der Waals surface area contributed by atoms with Gasteiger partial charge in [-0.3, -0.25) is 14.5 Å². The second-order valence-electron chi connectivity index (χ2n) is 13.8. The summed E-state index contributed by atoms with van der Waals surface area (Å²) in [5.74, 6) is 3.25. The summed E-state index contributed by atoms with van der Waals surface area (Å²) in [6.07, 6.45) is 9.89. The molecule has 1 saturated heterocycles. The number of nitrogens with zero attached hydrogens (tertiary/aromatic N) is 2. The first-order valence-corrected chi connectivity index (χ1v) is 16.2. The molecule has 3 fully saturated rings. The van der Waals surface area contributed by atoms with Crippen molar-refractivity contribution in [1.82, 2.24) is 9.80 Å². The van der Waals surface area contributed by atoms with Crippen LogP contribution in [0.15, 0.2) is 42.5 Å². The number of ether oxygens (including phenoxy) is 3. The molecule has 0 radical (unpaired) electrons. The van der Waals surface area contributed by atoms with E-state index in [1.54, 1.807) is 13.2 Å². The molecule has 5 atom stereocenters. The van der Waals surface area contributed by atoms with Gasteiger partial charge in [-0.2, -0.15) is 0 Å². The lowest BCUT2D eigenvalue weighted by atomic mass is 9.50. The molecule has 2 aromatic carbocycles. The summed E-state index contributed by atoms with van der Waals surface area (Å²) < 4.78 is 18.8. The van der Waals surface area contributed by atoms with E-state index in [9.17, 15) is 9.59 Å². The zero-order chi connectivity index (χ0) is 29.9. The summed E-state index contributed by atoms with van der Waals surface area (Å²) in [7, 11) is 1.65. The number of rotatable bonds is 9. The Morgan fingerprint density at radius 2 is 1.93 bits per heavy atom. The van der Waals surface area contributed by atoms with E-state index >= 15 is 0 Å². The van der Waals surface area contributed by atoms with Crippen molar-refractivity contribution in [3.8, 4) is 17.2 Å². The lowest BCUT2D eigenvalue weighted by molar-refractivity contribution is -0.139. The number of carbonyl (C=O) groups is 2. The molecule has 1 amide bonds. The second-order valence-corrected chi connectivity index (χ2v) is 13.8. The van der Waals surface area contributed by atoms with Gasteiger partial charge in [-0.05, 0) is 74.5 Å². The topological polar surface area (TPSA) is 68.3 Å². The van der Waals surface area contributed by atoms with Gasteiger partial charge in [-0.15, -0.1) is 0 Å². The molecule has 2 bridgehead atoms. The SMILES string of the molecule is COc1cc(OC(C)=O)c2c3c1O[C@H]1[C@H](N(CC(C)C)C(=O)C=Cc4ccccc4)CC[C@H]4[C@@H](C2)N(CC2CC2)CC[C@@]341. The molecule has 2 heterocycles. The Bertz CT molecular complexity index is 1430. The van der Waals surface area contributed by atoms with Gasteiger partial charge in [0.1, 0.15) is 11.9 Å². The lowest BCUT2D eigenvalue weighted by Crippen LogP contribution is -2.69. The van der Waals surface area contributed by atoms with Crippen LogP contribution in [0.5, 0.6) is 17.2 Å². The number of hydrogen-bond acceptors (Lipinski definition) is 6. The molecule has 7 rings (SSSR count). The molecule has 2 aromatic rings. The number of amides is 1. The minimum atomic E-state index is -0.325. The van der Waals surface area contributed by atoms with Crippen molar-refractivity contribution in [1.29, 1.82) is 0 Å². The van der Waals surface area contributed by atoms with Crippen LogP contribution in [0.4, 0.5) is 0 Å². The Hall–Kier alpha value is -3.32. The lowest BCUT2D eigenvalue weighted by Gasteiger charge is -2.60. The highest BCUT2D eigenvalue weighted by atomic mass is 16.5. The second kappa shape index (κ2) is 11.0. The van der Waals surface area contributed by atoms with Gasteiger partial charge in [0.15, 0.2) is 11.5 Å². The molecule has 2 saturated carbocycles. The summed E-state index contributed by atoms with van der Waals surface area (Å²) in [4.78, 5) is 31.1. The van der Waals surface area contributed by atoms with Gasteiger partial charge in [0.2, 0.25) is 5.91 Å². The van der Waals surface area contributed by atoms with Gasteiger partial charge in [0, 0.05) is 54.7 Å². The molecule has 5 aliphatic rings. The Balaban J connectivity index is 1.32. The van der Waals surface area contributed by atoms with Crippen molar-refractivity contribution in [3.63, 3.8) is 0 Å². The van der Waals surface area contributed by atoms with Crippen molar-refractivity contribution < 1.29 is 23.8 Å². The van der Waals surface area contributed by atoms with Crippen molar-refractivity contribution in [2.75, 3.05) is 26.7 Å². The van der Waals surface area contributed by atoms with Crippen molar-refractivity contribution in [3.05, 3.63) is 59.2 Å². The van der Waals surface area contributed by atoms with Gasteiger partial charge in [0.05, 0.1) is 13.2 Å². The van der Waals surface area contributed by atoms with Crippen LogP contribution in [0.1, 0.15) is 69.6 Å². The first kappa shape index (κ1) is 28.5. The molecule has 7 nitrogen and oxygen atoms in total. The van der Waals surface area contributed by atoms with E-state index in [1.807, 2.05) is 42.5 Å². The first-order chi connectivity index (χ1) is 20.8. The van der Waals surface area contributed by atoms with Crippen LogP contribution in [0.3, 0.4) is 0 Å². The average Bonchev–Trinajstić information content (AvgIpc) is 3.74. The molecule has 228 valence electrons. The van der Waals surface area contributed by atoms with Gasteiger partial charge in [-0.25, -0.2) is 0 Å². The highest BCUT2D eigenvalue weighted by molar-refractivity contribution is 5.92. The number of esters is 1. The van der Waals surface area contributed by atoms with Gasteiger partial charge in [-0.1, -0.05) is 44.2 Å². The summed E-state index contributed by atoms with van der Waals surface area (Å²) >= 11 is 0. The largest absolute Gasteiger partial charge is 0.493 e. The fourth-order valence-electron chi connectivity index (χ4n) is 8.82. The maximum atomic E-state index is 14.0. The van der Waals surface area contributed by atoms with Crippen LogP contribution >= 0.6 is 0 Å². The summed E-state index contributed by atoms with van der Waals surface area (Å²) in [6.45, 7) is 8.65. The zero-order valence-electron chi connectivity index (χ0n) is 25.9. The maximum Gasteiger partial charge on any atom is 0.308 e. The van der Waals surface area contributed by atoms with E-state index in [2.05, 4.69) is 23.6 Å². The van der Waals surface area contributed by atoms with E-state index in [-0.39, 0.29) is 29.4 Å². The number of methoxy groups -OCH3 is 1. The van der Waals surface area contributed by atoms with Crippen LogP contribution in [0.25, 0.3) is 6.08 Å². The number of likely N-dealkylation sites (tertiary alicyclic amines) is 1. The summed E-state index contributed by atoms with van der Waals surface area (Å²) in [5.41, 5.74) is 3.04. The highest BCUT2D eigenvalue weighted by Gasteiger charge is 2.67. The van der Waals surface area contributed by atoms with Crippen molar-refractivity contribution in [2.45, 2.75) is 82.9 Å². The van der Waals surface area contributed by atoms with Crippen LogP contribution in [0, 0.1) is 17.8 Å². The fourth-order valence-corrected chi connectivity index (χ4v) is 8.82. The number of hydrogen-bond donors (Lipinski definition) is 0. The molecule has 43 heavy (non-hydrogen) atoms. The van der Waals surface area contributed by atoms with E-state index < -0.39 is 0 Å². The summed E-state index contributed by atoms with van der Waals surface area (Å²) in [5, 5.41) is 0. The molecule has 2 aliphatic heterocycles. The molecule has 0 N–H and O–H groups in total. The smallest absolute Gasteiger partial charge is 0.308 e. The molecule has 3 aliphatic carbocycles. The fraction of sp³-hybridized carbons (Fsp3) is 0.556. The third-order valence-electron chi connectivity index (χ3n) is 10.6. The Labute approximate surface area is 255 Å². The van der Waals surface area contributed by atoms with Crippen LogP contribution in [0.2, 0.25) is 0 Å². The predicted molar refractivity (Wildman–Crippen MR) is 165 cm³/mol. The minimum absolute atomic E-state index is 0.0308. The maximum absolute atomic E-state index is 14.0. The normalized spacial score (nSPS) is 28.9. The van der Waals surface area contributed by atoms with Crippen LogP contribution < -0.4 is 14.2 Å². The summed E-state index contributed by atoms with van der Waals surface area (Å²) in [6, 6.07) is 12.2. The quantitative estimate of drug-likeness (QED) is 0.216. The van der Waals surface area contributed by atoms with E-state index in [0.29, 0.717) is 35.9 Å². The standard InChI is InChI=1S/C36H44N2O5/c1-22(2)20-38(32(40)15-12-24-8-6-5-7-9-24)28-14-13-27-29-18-26-30(42-23(3)39)19-31(41-4)34-33(26)36(27,35(28)43-34)16-17-37(29)21-25-10-11-25/h5-9,12,15,19,22,25,27-29,35H,10-11,13-14,16-18,20-21H2,1-4H3/t27-,28+,29+,35-,36-/m0/s1. The zero-order valence-corrected chi connectivity index (χ0v) is 25.9. The number of piperidine rings is 1.